The first-order valence-electron chi connectivity index (χ1n) is 12.0. The van der Waals surface area contributed by atoms with Crippen molar-refractivity contribution in [1.82, 2.24) is 19.9 Å². The van der Waals surface area contributed by atoms with Crippen molar-refractivity contribution in [2.75, 3.05) is 20.2 Å². The van der Waals surface area contributed by atoms with Gasteiger partial charge in [0.2, 0.25) is 0 Å². The monoisotopic (exact) mass is 466 g/mol. The fourth-order valence-corrected chi connectivity index (χ4v) is 4.96. The Morgan fingerprint density at radius 3 is 2.69 bits per heavy atom. The first-order chi connectivity index (χ1) is 17.1. The molecule has 6 nitrogen and oxygen atoms in total. The van der Waals surface area contributed by atoms with Crippen LogP contribution in [-0.2, 0) is 6.54 Å². The predicted molar refractivity (Wildman–Crippen MR) is 137 cm³/mol. The Hall–Kier alpha value is -3.77. The molecule has 1 atom stereocenters. The van der Waals surface area contributed by atoms with Crippen LogP contribution in [0.5, 0.6) is 11.5 Å². The standard InChI is InChI=1S/C29H30N4O2/c1-20-6-3-4-8-25(20)26-17-31-29(21-11-13-30-14-12-21)32-28(26)23-7-5-15-33(19-23)18-22-9-10-24(34)16-27(22)35-2/h3-4,6,8-14,16-17,23,34H,5,7,15,18-19H2,1-2H3. The van der Waals surface area contributed by atoms with Crippen LogP contribution in [0.3, 0.4) is 0 Å². The second-order valence-electron chi connectivity index (χ2n) is 9.11. The van der Waals surface area contributed by atoms with Crippen LogP contribution in [0.4, 0.5) is 0 Å². The van der Waals surface area contributed by atoms with E-state index in [1.165, 1.54) is 11.1 Å². The molecule has 5 rings (SSSR count). The number of aromatic hydroxyl groups is 1. The van der Waals surface area contributed by atoms with Crippen LogP contribution in [0.25, 0.3) is 22.5 Å². The Morgan fingerprint density at radius 1 is 1.06 bits per heavy atom. The summed E-state index contributed by atoms with van der Waals surface area (Å²) in [6.45, 7) is 4.82. The lowest BCUT2D eigenvalue weighted by Gasteiger charge is -2.33. The SMILES string of the molecule is COc1cc(O)ccc1CN1CCCC(c2nc(-c3ccncc3)ncc2-c2ccccc2C)C1. The van der Waals surface area contributed by atoms with E-state index in [9.17, 15) is 5.11 Å². The Balaban J connectivity index is 1.50. The van der Waals surface area contributed by atoms with Gasteiger partial charge in [0, 0.05) is 60.4 Å². The van der Waals surface area contributed by atoms with Crippen molar-refractivity contribution in [2.24, 2.45) is 0 Å². The summed E-state index contributed by atoms with van der Waals surface area (Å²) < 4.78 is 5.52. The number of phenolic OH excluding ortho intramolecular Hbond substituents is 1. The van der Waals surface area contributed by atoms with E-state index in [0.717, 1.165) is 66.4 Å². The molecule has 2 aromatic heterocycles. The molecule has 0 aliphatic carbocycles. The summed E-state index contributed by atoms with van der Waals surface area (Å²) in [5.74, 6) is 1.95. The van der Waals surface area contributed by atoms with E-state index in [2.05, 4.69) is 41.1 Å². The number of phenols is 1. The molecule has 2 aromatic carbocycles. The normalized spacial score (nSPS) is 16.2. The van der Waals surface area contributed by atoms with Gasteiger partial charge in [-0.15, -0.1) is 0 Å². The minimum Gasteiger partial charge on any atom is -0.508 e. The summed E-state index contributed by atoms with van der Waals surface area (Å²) >= 11 is 0. The van der Waals surface area contributed by atoms with E-state index in [1.54, 1.807) is 31.6 Å². The third-order valence-electron chi connectivity index (χ3n) is 6.75. The molecule has 1 fully saturated rings. The molecule has 0 saturated carbocycles. The average molecular weight is 467 g/mol. The van der Waals surface area contributed by atoms with Gasteiger partial charge < -0.3 is 9.84 Å². The average Bonchev–Trinajstić information content (AvgIpc) is 2.90. The fraction of sp³-hybridized carbons (Fsp3) is 0.276. The molecule has 3 heterocycles. The number of rotatable bonds is 6. The summed E-state index contributed by atoms with van der Waals surface area (Å²) in [7, 11) is 1.65. The van der Waals surface area contributed by atoms with Gasteiger partial charge in [0.05, 0.1) is 12.8 Å². The van der Waals surface area contributed by atoms with Gasteiger partial charge in [0.15, 0.2) is 5.82 Å². The van der Waals surface area contributed by atoms with Crippen molar-refractivity contribution >= 4 is 0 Å². The van der Waals surface area contributed by atoms with Crippen molar-refractivity contribution in [2.45, 2.75) is 32.2 Å². The van der Waals surface area contributed by atoms with E-state index in [-0.39, 0.29) is 11.7 Å². The van der Waals surface area contributed by atoms with Gasteiger partial charge in [0.25, 0.3) is 0 Å². The molecule has 1 unspecified atom stereocenters. The second kappa shape index (κ2) is 10.2. The van der Waals surface area contributed by atoms with Gasteiger partial charge in [-0.3, -0.25) is 9.88 Å². The van der Waals surface area contributed by atoms with Gasteiger partial charge in [-0.25, -0.2) is 9.97 Å². The highest BCUT2D eigenvalue weighted by atomic mass is 16.5. The van der Waals surface area contributed by atoms with Gasteiger partial charge in [-0.1, -0.05) is 30.3 Å². The Bertz CT molecular complexity index is 1310. The van der Waals surface area contributed by atoms with Crippen molar-refractivity contribution in [3.63, 3.8) is 0 Å². The number of piperidine rings is 1. The number of nitrogens with zero attached hydrogens (tertiary/aromatic N) is 4. The number of benzene rings is 2. The van der Waals surface area contributed by atoms with Crippen LogP contribution in [0.15, 0.2) is 73.2 Å². The van der Waals surface area contributed by atoms with Crippen molar-refractivity contribution in [3.05, 3.63) is 90.0 Å². The quantitative estimate of drug-likeness (QED) is 0.398. The molecule has 0 spiro atoms. The number of ether oxygens (including phenoxy) is 1. The van der Waals surface area contributed by atoms with Crippen molar-refractivity contribution < 1.29 is 9.84 Å². The summed E-state index contributed by atoms with van der Waals surface area (Å²) in [6.07, 6.45) is 7.71. The molecule has 1 aliphatic rings. The van der Waals surface area contributed by atoms with Crippen LogP contribution in [0.1, 0.15) is 35.6 Å². The molecule has 4 aromatic rings. The summed E-state index contributed by atoms with van der Waals surface area (Å²) in [6, 6.07) is 17.7. The molecule has 0 radical (unpaired) electrons. The lowest BCUT2D eigenvalue weighted by atomic mass is 9.88. The number of pyridine rings is 1. The lowest BCUT2D eigenvalue weighted by molar-refractivity contribution is 0.196. The van der Waals surface area contributed by atoms with Crippen molar-refractivity contribution in [3.8, 4) is 34.0 Å². The number of likely N-dealkylation sites (tertiary alicyclic amines) is 1. The molecule has 1 aliphatic heterocycles. The molecule has 1 saturated heterocycles. The number of hydrogen-bond donors (Lipinski definition) is 1. The first-order valence-corrected chi connectivity index (χ1v) is 12.0. The zero-order valence-corrected chi connectivity index (χ0v) is 20.2. The maximum atomic E-state index is 9.83. The third kappa shape index (κ3) is 5.03. The van der Waals surface area contributed by atoms with Crippen LogP contribution in [-0.4, -0.2) is 45.2 Å². The molecule has 6 heteroatoms. The lowest BCUT2D eigenvalue weighted by Crippen LogP contribution is -2.34. The fourth-order valence-electron chi connectivity index (χ4n) is 4.96. The van der Waals surface area contributed by atoms with E-state index in [0.29, 0.717) is 0 Å². The highest BCUT2D eigenvalue weighted by Gasteiger charge is 2.27. The first kappa shape index (κ1) is 23.0. The van der Waals surface area contributed by atoms with Gasteiger partial charge in [-0.05, 0) is 55.6 Å². The van der Waals surface area contributed by atoms with Gasteiger partial charge in [0.1, 0.15) is 11.5 Å². The minimum atomic E-state index is 0.217. The van der Waals surface area contributed by atoms with Crippen LogP contribution in [0, 0.1) is 6.92 Å². The molecule has 1 N–H and O–H groups in total. The zero-order chi connectivity index (χ0) is 24.2. The molecule has 0 amide bonds. The largest absolute Gasteiger partial charge is 0.508 e. The highest BCUT2D eigenvalue weighted by Crippen LogP contribution is 2.36. The minimum absolute atomic E-state index is 0.217. The maximum Gasteiger partial charge on any atom is 0.159 e. The molecule has 35 heavy (non-hydrogen) atoms. The smallest absolute Gasteiger partial charge is 0.159 e. The van der Waals surface area contributed by atoms with Crippen LogP contribution < -0.4 is 4.74 Å². The summed E-state index contributed by atoms with van der Waals surface area (Å²) in [4.78, 5) is 16.5. The second-order valence-corrected chi connectivity index (χ2v) is 9.11. The number of hydrogen-bond acceptors (Lipinski definition) is 6. The topological polar surface area (TPSA) is 71.4 Å². The predicted octanol–water partition coefficient (Wildman–Crippen LogP) is 5.61. The van der Waals surface area contributed by atoms with Crippen LogP contribution >= 0.6 is 0 Å². The summed E-state index contributed by atoms with van der Waals surface area (Å²) in [5, 5.41) is 9.83. The zero-order valence-electron chi connectivity index (χ0n) is 20.2. The molecular weight excluding hydrogens is 436 g/mol. The Morgan fingerprint density at radius 2 is 1.89 bits per heavy atom. The van der Waals surface area contributed by atoms with E-state index in [1.807, 2.05) is 24.4 Å². The third-order valence-corrected chi connectivity index (χ3v) is 6.75. The molecule has 178 valence electrons. The Kier molecular flexibility index (Phi) is 6.73. The summed E-state index contributed by atoms with van der Waals surface area (Å²) in [5.41, 5.74) is 6.65. The molecular formula is C29H30N4O2. The maximum absolute atomic E-state index is 9.83. The molecule has 0 bridgehead atoms. The number of methoxy groups -OCH3 is 1. The van der Waals surface area contributed by atoms with Gasteiger partial charge in [-0.2, -0.15) is 0 Å². The van der Waals surface area contributed by atoms with E-state index in [4.69, 9.17) is 14.7 Å². The highest BCUT2D eigenvalue weighted by molar-refractivity contribution is 5.70. The van der Waals surface area contributed by atoms with Crippen molar-refractivity contribution in [1.29, 1.82) is 0 Å². The van der Waals surface area contributed by atoms with E-state index < -0.39 is 0 Å². The Labute approximate surface area is 206 Å². The number of aromatic nitrogens is 3. The van der Waals surface area contributed by atoms with Gasteiger partial charge >= 0.3 is 0 Å². The van der Waals surface area contributed by atoms with Crippen LogP contribution in [0.2, 0.25) is 0 Å². The number of aryl methyl sites for hydroxylation is 1. The van der Waals surface area contributed by atoms with E-state index >= 15 is 0 Å².